The van der Waals surface area contributed by atoms with Crippen LogP contribution in [0.2, 0.25) is 0 Å². The standard InChI is InChI=1S/C6H14N4O/c1-4(11)5(9-2)3-10-6(7)8/h5,9H,3H2,1-2H3,(H4,7,8,10)/p+1. The molecule has 0 aromatic rings. The summed E-state index contributed by atoms with van der Waals surface area (Å²) in [6.07, 6.45) is 0. The number of carbonyl (C=O) groups excluding carboxylic acids is 1. The molecule has 0 saturated carbocycles. The molecule has 0 aliphatic carbocycles. The van der Waals surface area contributed by atoms with Gasteiger partial charge in [-0.1, -0.05) is 0 Å². The van der Waals surface area contributed by atoms with Crippen molar-refractivity contribution in [3.05, 3.63) is 0 Å². The molecule has 11 heavy (non-hydrogen) atoms. The summed E-state index contributed by atoms with van der Waals surface area (Å²) in [7, 11) is 1.71. The SMILES string of the molecule is CNC(C[NH+]=C(N)N)C(C)=O. The Hall–Kier alpha value is -1.10. The Morgan fingerprint density at radius 1 is 1.64 bits per heavy atom. The van der Waals surface area contributed by atoms with Crippen molar-refractivity contribution < 1.29 is 9.79 Å². The fourth-order valence-corrected chi connectivity index (χ4v) is 0.669. The highest BCUT2D eigenvalue weighted by molar-refractivity contribution is 5.81. The third kappa shape index (κ3) is 4.32. The lowest BCUT2D eigenvalue weighted by molar-refractivity contribution is -0.460. The minimum atomic E-state index is -0.225. The van der Waals surface area contributed by atoms with Crippen molar-refractivity contribution in [2.24, 2.45) is 11.5 Å². The molecule has 0 aliphatic rings. The number of hydrogen-bond donors (Lipinski definition) is 4. The van der Waals surface area contributed by atoms with E-state index in [-0.39, 0.29) is 17.8 Å². The number of rotatable bonds is 4. The van der Waals surface area contributed by atoms with E-state index in [0.29, 0.717) is 6.54 Å². The molecule has 0 fully saturated rings. The lowest BCUT2D eigenvalue weighted by Gasteiger charge is -2.07. The Bertz CT molecular complexity index is 162. The lowest BCUT2D eigenvalue weighted by Crippen LogP contribution is -2.81. The predicted octanol–water partition coefficient (Wildman–Crippen LogP) is -3.48. The van der Waals surface area contributed by atoms with Crippen LogP contribution >= 0.6 is 0 Å². The van der Waals surface area contributed by atoms with E-state index in [1.54, 1.807) is 7.05 Å². The first-order valence-electron chi connectivity index (χ1n) is 3.37. The van der Waals surface area contributed by atoms with Gasteiger partial charge in [-0.15, -0.1) is 0 Å². The van der Waals surface area contributed by atoms with Gasteiger partial charge in [0.2, 0.25) is 0 Å². The Balaban J connectivity index is 3.89. The number of guanidine groups is 1. The van der Waals surface area contributed by atoms with Crippen LogP contribution in [-0.4, -0.2) is 31.4 Å². The molecule has 0 saturated heterocycles. The van der Waals surface area contributed by atoms with Gasteiger partial charge < -0.3 is 5.32 Å². The molecule has 0 heterocycles. The molecule has 0 aliphatic heterocycles. The molecule has 0 bridgehead atoms. The van der Waals surface area contributed by atoms with Gasteiger partial charge in [-0.25, -0.2) is 0 Å². The van der Waals surface area contributed by atoms with E-state index in [1.165, 1.54) is 6.92 Å². The third-order valence-electron chi connectivity index (χ3n) is 1.35. The van der Waals surface area contributed by atoms with Crippen molar-refractivity contribution in [3.63, 3.8) is 0 Å². The first kappa shape index (κ1) is 9.90. The maximum absolute atomic E-state index is 10.8. The summed E-state index contributed by atoms with van der Waals surface area (Å²) in [5.41, 5.74) is 10.3. The summed E-state index contributed by atoms with van der Waals surface area (Å²) < 4.78 is 0. The third-order valence-corrected chi connectivity index (χ3v) is 1.35. The van der Waals surface area contributed by atoms with Crippen molar-refractivity contribution in [1.82, 2.24) is 5.32 Å². The molecule has 0 amide bonds. The molecule has 5 heteroatoms. The maximum atomic E-state index is 10.8. The van der Waals surface area contributed by atoms with Crippen LogP contribution in [0.15, 0.2) is 0 Å². The van der Waals surface area contributed by atoms with Gasteiger partial charge >= 0.3 is 5.96 Å². The maximum Gasteiger partial charge on any atom is 0.338 e. The highest BCUT2D eigenvalue weighted by atomic mass is 16.1. The number of hydrogen-bond acceptors (Lipinski definition) is 2. The van der Waals surface area contributed by atoms with Crippen LogP contribution in [0.25, 0.3) is 0 Å². The van der Waals surface area contributed by atoms with Crippen molar-refractivity contribution >= 4 is 11.7 Å². The summed E-state index contributed by atoms with van der Waals surface area (Å²) in [5.74, 6) is 0.188. The number of likely N-dealkylation sites (N-methyl/N-ethyl adjacent to an activating group) is 1. The minimum Gasteiger partial charge on any atom is -0.308 e. The van der Waals surface area contributed by atoms with Crippen LogP contribution in [0.4, 0.5) is 0 Å². The molecular weight excluding hydrogens is 144 g/mol. The zero-order valence-corrected chi connectivity index (χ0v) is 6.85. The van der Waals surface area contributed by atoms with Crippen LogP contribution in [0, 0.1) is 0 Å². The molecule has 64 valence electrons. The van der Waals surface area contributed by atoms with Crippen LogP contribution in [0.3, 0.4) is 0 Å². The molecule has 0 aromatic heterocycles. The molecular formula is C6H15N4O+. The van der Waals surface area contributed by atoms with Gasteiger partial charge in [0.25, 0.3) is 0 Å². The number of nitrogens with one attached hydrogen (secondary N) is 2. The summed E-state index contributed by atoms with van der Waals surface area (Å²) >= 11 is 0. The molecule has 1 unspecified atom stereocenters. The zero-order valence-electron chi connectivity index (χ0n) is 6.85. The van der Waals surface area contributed by atoms with Crippen molar-refractivity contribution in [1.29, 1.82) is 0 Å². The fraction of sp³-hybridized carbons (Fsp3) is 0.667. The van der Waals surface area contributed by atoms with Gasteiger partial charge in [0.1, 0.15) is 5.78 Å². The Morgan fingerprint density at radius 3 is 2.45 bits per heavy atom. The second kappa shape index (κ2) is 4.68. The summed E-state index contributed by atoms with van der Waals surface area (Å²) in [5, 5.41) is 2.82. The Labute approximate surface area is 65.9 Å². The van der Waals surface area contributed by atoms with E-state index < -0.39 is 0 Å². The number of Topliss-reactive ketones (excluding diaryl/α,β-unsaturated/α-hetero) is 1. The molecule has 5 nitrogen and oxygen atoms in total. The van der Waals surface area contributed by atoms with Gasteiger partial charge in [0.15, 0.2) is 0 Å². The van der Waals surface area contributed by atoms with E-state index in [2.05, 4.69) is 10.3 Å². The van der Waals surface area contributed by atoms with E-state index in [0.717, 1.165) is 0 Å². The van der Waals surface area contributed by atoms with Crippen molar-refractivity contribution in [3.8, 4) is 0 Å². The largest absolute Gasteiger partial charge is 0.338 e. The van der Waals surface area contributed by atoms with Crippen LogP contribution in [0.1, 0.15) is 6.92 Å². The quantitative estimate of drug-likeness (QED) is 0.253. The first-order valence-corrected chi connectivity index (χ1v) is 3.37. The van der Waals surface area contributed by atoms with Gasteiger partial charge in [-0.2, -0.15) is 0 Å². The fourth-order valence-electron chi connectivity index (χ4n) is 0.669. The van der Waals surface area contributed by atoms with Gasteiger partial charge in [-0.3, -0.25) is 21.3 Å². The average molecular weight is 159 g/mol. The number of nitrogens with two attached hydrogens (primary N) is 2. The van der Waals surface area contributed by atoms with Crippen LogP contribution in [0.5, 0.6) is 0 Å². The minimum absolute atomic E-state index is 0.0567. The topological polar surface area (TPSA) is 95.1 Å². The number of carbonyl (C=O) groups is 1. The average Bonchev–Trinajstić information content (AvgIpc) is 1.87. The molecule has 0 radical (unpaired) electrons. The van der Waals surface area contributed by atoms with Crippen LogP contribution < -0.4 is 21.8 Å². The highest BCUT2D eigenvalue weighted by Crippen LogP contribution is 1.77. The van der Waals surface area contributed by atoms with E-state index in [9.17, 15) is 4.79 Å². The lowest BCUT2D eigenvalue weighted by atomic mass is 10.2. The Kier molecular flexibility index (Phi) is 4.21. The summed E-state index contributed by atoms with van der Waals surface area (Å²) in [6.45, 7) is 1.93. The van der Waals surface area contributed by atoms with E-state index >= 15 is 0 Å². The van der Waals surface area contributed by atoms with E-state index in [1.807, 2.05) is 0 Å². The predicted molar refractivity (Wildman–Crippen MR) is 42.7 cm³/mol. The van der Waals surface area contributed by atoms with E-state index in [4.69, 9.17) is 11.5 Å². The summed E-state index contributed by atoms with van der Waals surface area (Å²) in [4.78, 5) is 13.5. The molecule has 0 aromatic carbocycles. The zero-order chi connectivity index (χ0) is 8.85. The van der Waals surface area contributed by atoms with Gasteiger partial charge in [0.05, 0.1) is 12.6 Å². The van der Waals surface area contributed by atoms with Crippen LogP contribution in [-0.2, 0) is 4.79 Å². The monoisotopic (exact) mass is 159 g/mol. The molecule has 1 atom stereocenters. The van der Waals surface area contributed by atoms with Crippen molar-refractivity contribution in [2.75, 3.05) is 13.6 Å². The molecule has 0 spiro atoms. The normalized spacial score (nSPS) is 12.2. The number of ketones is 1. The Morgan fingerprint density at radius 2 is 2.18 bits per heavy atom. The van der Waals surface area contributed by atoms with Crippen molar-refractivity contribution in [2.45, 2.75) is 13.0 Å². The molecule has 6 N–H and O–H groups in total. The highest BCUT2D eigenvalue weighted by Gasteiger charge is 2.10. The van der Waals surface area contributed by atoms with Gasteiger partial charge in [-0.05, 0) is 14.0 Å². The summed E-state index contributed by atoms with van der Waals surface area (Å²) in [6, 6.07) is -0.225. The molecule has 0 rings (SSSR count). The first-order chi connectivity index (χ1) is 5.07. The second-order valence-electron chi connectivity index (χ2n) is 2.29. The second-order valence-corrected chi connectivity index (χ2v) is 2.29. The smallest absolute Gasteiger partial charge is 0.308 e. The van der Waals surface area contributed by atoms with Gasteiger partial charge in [0, 0.05) is 0 Å².